The molecule has 1 aliphatic rings. The minimum absolute atomic E-state index is 0.0458. The Hall–Kier alpha value is -3.10. The number of nitrogens with zero attached hydrogens (tertiary/aromatic N) is 4. The van der Waals surface area contributed by atoms with Crippen LogP contribution in [0.5, 0.6) is 0 Å². The standard InChI is InChI=1S/C22H22ClFN6O/c23-14-3-4-16(17(24)9-14)22-28-11-18(26)21(29-22)20(31)8-13-10-27-6-5-19(13)30-7-1-2-15(25)12-30/h3-6,9-11,15H,1-2,7-8,12,25-26H2/t15-/m0/s1. The molecule has 1 fully saturated rings. The second kappa shape index (κ2) is 8.95. The summed E-state index contributed by atoms with van der Waals surface area (Å²) in [6, 6.07) is 6.16. The van der Waals surface area contributed by atoms with E-state index in [0.717, 1.165) is 37.2 Å². The first-order valence-corrected chi connectivity index (χ1v) is 10.3. The molecule has 0 amide bonds. The van der Waals surface area contributed by atoms with Gasteiger partial charge in [0, 0.05) is 54.2 Å². The molecule has 0 saturated carbocycles. The number of rotatable bonds is 5. The maximum absolute atomic E-state index is 14.3. The van der Waals surface area contributed by atoms with Crippen molar-refractivity contribution >= 4 is 28.8 Å². The molecule has 4 N–H and O–H groups in total. The van der Waals surface area contributed by atoms with Crippen LogP contribution in [0.25, 0.3) is 11.4 Å². The molecule has 4 rings (SSSR count). The van der Waals surface area contributed by atoms with Crippen LogP contribution in [0.3, 0.4) is 0 Å². The smallest absolute Gasteiger partial charge is 0.187 e. The van der Waals surface area contributed by atoms with Crippen molar-refractivity contribution < 1.29 is 9.18 Å². The molecule has 0 bridgehead atoms. The SMILES string of the molecule is Nc1cnc(-c2ccc(Cl)cc2F)nc1C(=O)Cc1cnccc1N1CCC[C@H](N)C1. The Morgan fingerprint density at radius 3 is 2.90 bits per heavy atom. The summed E-state index contributed by atoms with van der Waals surface area (Å²) in [5, 5.41) is 0.259. The van der Waals surface area contributed by atoms with E-state index in [1.54, 1.807) is 12.4 Å². The summed E-state index contributed by atoms with van der Waals surface area (Å²) in [6.07, 6.45) is 6.72. The zero-order valence-corrected chi connectivity index (χ0v) is 17.5. The lowest BCUT2D eigenvalue weighted by Crippen LogP contribution is -2.43. The number of nitrogens with two attached hydrogens (primary N) is 2. The van der Waals surface area contributed by atoms with Gasteiger partial charge < -0.3 is 16.4 Å². The molecular weight excluding hydrogens is 419 g/mol. The number of hydrogen-bond acceptors (Lipinski definition) is 7. The third-order valence-corrected chi connectivity index (χ3v) is 5.52. The van der Waals surface area contributed by atoms with Gasteiger partial charge in [0.05, 0.1) is 17.4 Å². The lowest BCUT2D eigenvalue weighted by molar-refractivity contribution is 0.0989. The number of carbonyl (C=O) groups is 1. The van der Waals surface area contributed by atoms with E-state index in [4.69, 9.17) is 23.1 Å². The first kappa shape index (κ1) is 21.1. The number of pyridine rings is 1. The van der Waals surface area contributed by atoms with E-state index in [2.05, 4.69) is 19.9 Å². The molecule has 7 nitrogen and oxygen atoms in total. The number of Topliss-reactive ketones (excluding diaryl/α,β-unsaturated/α-hetero) is 1. The quantitative estimate of drug-likeness (QED) is 0.585. The van der Waals surface area contributed by atoms with Crippen LogP contribution in [0.2, 0.25) is 5.02 Å². The molecule has 0 unspecified atom stereocenters. The molecule has 31 heavy (non-hydrogen) atoms. The first-order valence-electron chi connectivity index (χ1n) is 9.97. The summed E-state index contributed by atoms with van der Waals surface area (Å²) in [6.45, 7) is 1.59. The van der Waals surface area contributed by atoms with Gasteiger partial charge in [0.15, 0.2) is 11.6 Å². The fourth-order valence-corrected chi connectivity index (χ4v) is 3.92. The predicted octanol–water partition coefficient (Wildman–Crippen LogP) is 3.27. The van der Waals surface area contributed by atoms with Crippen LogP contribution in [-0.2, 0) is 6.42 Å². The van der Waals surface area contributed by atoms with E-state index >= 15 is 0 Å². The summed E-state index contributed by atoms with van der Waals surface area (Å²) in [7, 11) is 0. The molecular formula is C22H22ClFN6O. The molecule has 1 atom stereocenters. The van der Waals surface area contributed by atoms with Gasteiger partial charge in [-0.1, -0.05) is 11.6 Å². The number of ketones is 1. The van der Waals surface area contributed by atoms with Crippen LogP contribution in [0.4, 0.5) is 15.8 Å². The van der Waals surface area contributed by atoms with E-state index in [1.807, 2.05) is 6.07 Å². The second-order valence-corrected chi connectivity index (χ2v) is 8.01. The molecule has 3 aromatic rings. The second-order valence-electron chi connectivity index (χ2n) is 7.57. The molecule has 3 heterocycles. The van der Waals surface area contributed by atoms with Crippen molar-refractivity contribution in [1.29, 1.82) is 0 Å². The maximum atomic E-state index is 14.3. The summed E-state index contributed by atoms with van der Waals surface area (Å²) >= 11 is 5.82. The zero-order chi connectivity index (χ0) is 22.0. The molecule has 1 aliphatic heterocycles. The van der Waals surface area contributed by atoms with Crippen LogP contribution in [0, 0.1) is 5.82 Å². The van der Waals surface area contributed by atoms with Gasteiger partial charge in [-0.25, -0.2) is 14.4 Å². The van der Waals surface area contributed by atoms with Gasteiger partial charge in [-0.3, -0.25) is 9.78 Å². The lowest BCUT2D eigenvalue weighted by Gasteiger charge is -2.33. The number of anilines is 2. The first-order chi connectivity index (χ1) is 14.9. The minimum atomic E-state index is -0.577. The number of piperidine rings is 1. The summed E-state index contributed by atoms with van der Waals surface area (Å²) in [4.78, 5) is 27.8. The highest BCUT2D eigenvalue weighted by molar-refractivity contribution is 6.30. The third kappa shape index (κ3) is 4.65. The molecule has 9 heteroatoms. The normalized spacial score (nSPS) is 16.4. The maximum Gasteiger partial charge on any atom is 0.187 e. The van der Waals surface area contributed by atoms with Crippen molar-refractivity contribution in [2.75, 3.05) is 23.7 Å². The summed E-state index contributed by atoms with van der Waals surface area (Å²) < 4.78 is 14.3. The highest BCUT2D eigenvalue weighted by Gasteiger charge is 2.22. The van der Waals surface area contributed by atoms with Gasteiger partial charge in [-0.15, -0.1) is 0 Å². The highest BCUT2D eigenvalue weighted by atomic mass is 35.5. The van der Waals surface area contributed by atoms with Gasteiger partial charge in [0.2, 0.25) is 0 Å². The summed E-state index contributed by atoms with van der Waals surface area (Å²) in [5.74, 6) is -0.808. The average molecular weight is 441 g/mol. The van der Waals surface area contributed by atoms with Gasteiger partial charge in [0.25, 0.3) is 0 Å². The Bertz CT molecular complexity index is 1120. The topological polar surface area (TPSA) is 111 Å². The number of benzene rings is 1. The zero-order valence-electron chi connectivity index (χ0n) is 16.8. The van der Waals surface area contributed by atoms with Crippen molar-refractivity contribution in [3.05, 3.63) is 65.0 Å². The lowest BCUT2D eigenvalue weighted by atomic mass is 10.0. The van der Waals surface area contributed by atoms with Crippen LogP contribution >= 0.6 is 11.6 Å². The van der Waals surface area contributed by atoms with Gasteiger partial charge in [-0.2, -0.15) is 0 Å². The highest BCUT2D eigenvalue weighted by Crippen LogP contribution is 2.27. The van der Waals surface area contributed by atoms with Crippen molar-refractivity contribution in [3.8, 4) is 11.4 Å². The van der Waals surface area contributed by atoms with Crippen LogP contribution in [0.1, 0.15) is 28.9 Å². The number of aromatic nitrogens is 3. The molecule has 1 aromatic carbocycles. The van der Waals surface area contributed by atoms with Crippen molar-refractivity contribution in [1.82, 2.24) is 15.0 Å². The van der Waals surface area contributed by atoms with Crippen molar-refractivity contribution in [2.45, 2.75) is 25.3 Å². The Kier molecular flexibility index (Phi) is 6.11. The van der Waals surface area contributed by atoms with Gasteiger partial charge in [0.1, 0.15) is 11.5 Å². The Labute approximate surface area is 184 Å². The van der Waals surface area contributed by atoms with E-state index in [-0.39, 0.29) is 46.0 Å². The molecule has 0 aliphatic carbocycles. The van der Waals surface area contributed by atoms with E-state index < -0.39 is 5.82 Å². The van der Waals surface area contributed by atoms with Crippen molar-refractivity contribution in [2.24, 2.45) is 5.73 Å². The van der Waals surface area contributed by atoms with E-state index in [9.17, 15) is 9.18 Å². The monoisotopic (exact) mass is 440 g/mol. The molecule has 160 valence electrons. The van der Waals surface area contributed by atoms with E-state index in [1.165, 1.54) is 24.4 Å². The third-order valence-electron chi connectivity index (χ3n) is 5.28. The fourth-order valence-electron chi connectivity index (χ4n) is 3.77. The van der Waals surface area contributed by atoms with Gasteiger partial charge in [-0.05, 0) is 37.1 Å². The number of nitrogen functional groups attached to an aromatic ring is 1. The van der Waals surface area contributed by atoms with Crippen LogP contribution in [-0.4, -0.2) is 39.9 Å². The van der Waals surface area contributed by atoms with E-state index in [0.29, 0.717) is 0 Å². The average Bonchev–Trinajstić information content (AvgIpc) is 2.75. The Balaban J connectivity index is 1.63. The van der Waals surface area contributed by atoms with Crippen LogP contribution < -0.4 is 16.4 Å². The van der Waals surface area contributed by atoms with Gasteiger partial charge >= 0.3 is 0 Å². The Morgan fingerprint density at radius 1 is 1.29 bits per heavy atom. The van der Waals surface area contributed by atoms with Crippen molar-refractivity contribution in [3.63, 3.8) is 0 Å². The molecule has 0 radical (unpaired) electrons. The predicted molar refractivity (Wildman–Crippen MR) is 119 cm³/mol. The number of carbonyl (C=O) groups excluding carboxylic acids is 1. The molecule has 2 aromatic heterocycles. The molecule has 1 saturated heterocycles. The summed E-state index contributed by atoms with van der Waals surface area (Å²) in [5.41, 5.74) is 14.1. The Morgan fingerprint density at radius 2 is 2.13 bits per heavy atom. The largest absolute Gasteiger partial charge is 0.396 e. The fraction of sp³-hybridized carbons (Fsp3) is 0.273. The molecule has 0 spiro atoms. The number of hydrogen-bond donors (Lipinski definition) is 2. The minimum Gasteiger partial charge on any atom is -0.396 e. The number of halogens is 2. The van der Waals surface area contributed by atoms with Crippen LogP contribution in [0.15, 0.2) is 42.9 Å².